The summed E-state index contributed by atoms with van der Waals surface area (Å²) in [5.41, 5.74) is 0.208. The van der Waals surface area contributed by atoms with Gasteiger partial charge in [-0.05, 0) is 32.0 Å². The average Bonchev–Trinajstić information content (AvgIpc) is 2.90. The van der Waals surface area contributed by atoms with Gasteiger partial charge in [0.1, 0.15) is 12.2 Å². The second kappa shape index (κ2) is 6.34. The van der Waals surface area contributed by atoms with Crippen molar-refractivity contribution in [2.45, 2.75) is 26.3 Å². The molecule has 6 nitrogen and oxygen atoms in total. The number of amides is 1. The summed E-state index contributed by atoms with van der Waals surface area (Å²) in [4.78, 5) is 11.9. The van der Waals surface area contributed by atoms with Crippen LogP contribution in [0, 0.1) is 5.82 Å². The SMILES string of the molecule is CC(C)n1cnnc1CCNC(=O)c1ccc(F)c(O)c1. The zero-order chi connectivity index (χ0) is 15.4. The molecule has 0 fully saturated rings. The van der Waals surface area contributed by atoms with Crippen LogP contribution in [0.3, 0.4) is 0 Å². The molecule has 112 valence electrons. The van der Waals surface area contributed by atoms with E-state index in [-0.39, 0.29) is 17.5 Å². The molecule has 0 saturated carbocycles. The molecule has 1 aromatic heterocycles. The van der Waals surface area contributed by atoms with Gasteiger partial charge in [0, 0.05) is 24.6 Å². The van der Waals surface area contributed by atoms with Gasteiger partial charge in [0.05, 0.1) is 0 Å². The molecule has 7 heteroatoms. The summed E-state index contributed by atoms with van der Waals surface area (Å²) in [7, 11) is 0. The molecule has 0 bridgehead atoms. The summed E-state index contributed by atoms with van der Waals surface area (Å²) in [6.07, 6.45) is 2.19. The molecule has 0 aliphatic heterocycles. The van der Waals surface area contributed by atoms with Crippen molar-refractivity contribution in [1.29, 1.82) is 0 Å². The van der Waals surface area contributed by atoms with Crippen LogP contribution >= 0.6 is 0 Å². The molecule has 0 aliphatic rings. The Morgan fingerprint density at radius 1 is 1.48 bits per heavy atom. The standard InChI is InChI=1S/C14H17FN4O2/c1-9(2)19-8-17-18-13(19)5-6-16-14(21)10-3-4-11(15)12(20)7-10/h3-4,7-9,20H,5-6H2,1-2H3,(H,16,21). The van der Waals surface area contributed by atoms with E-state index < -0.39 is 11.6 Å². The van der Waals surface area contributed by atoms with Crippen LogP contribution in [-0.4, -0.2) is 32.3 Å². The van der Waals surface area contributed by atoms with Crippen LogP contribution in [0.25, 0.3) is 0 Å². The van der Waals surface area contributed by atoms with Crippen molar-refractivity contribution in [3.8, 4) is 5.75 Å². The number of phenolic OH excluding ortho intramolecular Hbond substituents is 1. The maximum atomic E-state index is 12.9. The number of nitrogens with zero attached hydrogens (tertiary/aromatic N) is 3. The number of aromatic hydroxyl groups is 1. The molecule has 2 aromatic rings. The van der Waals surface area contributed by atoms with Gasteiger partial charge in [-0.25, -0.2) is 4.39 Å². The highest BCUT2D eigenvalue weighted by molar-refractivity contribution is 5.94. The molecule has 1 heterocycles. The number of carbonyl (C=O) groups excluding carboxylic acids is 1. The summed E-state index contributed by atoms with van der Waals surface area (Å²) < 4.78 is 14.8. The van der Waals surface area contributed by atoms with E-state index in [0.717, 1.165) is 18.0 Å². The Labute approximate surface area is 121 Å². The van der Waals surface area contributed by atoms with Gasteiger partial charge in [-0.2, -0.15) is 0 Å². The molecule has 2 rings (SSSR count). The number of hydrogen-bond acceptors (Lipinski definition) is 4. The molecule has 0 atom stereocenters. The molecule has 1 aromatic carbocycles. The van der Waals surface area contributed by atoms with Crippen molar-refractivity contribution in [2.75, 3.05) is 6.54 Å². The first-order valence-corrected chi connectivity index (χ1v) is 6.64. The monoisotopic (exact) mass is 292 g/mol. The topological polar surface area (TPSA) is 80.0 Å². The normalized spacial score (nSPS) is 10.9. The average molecular weight is 292 g/mol. The van der Waals surface area contributed by atoms with Crippen LogP contribution in [-0.2, 0) is 6.42 Å². The molecule has 0 radical (unpaired) electrons. The Morgan fingerprint density at radius 2 is 2.24 bits per heavy atom. The molecule has 0 saturated heterocycles. The lowest BCUT2D eigenvalue weighted by molar-refractivity contribution is 0.0953. The van der Waals surface area contributed by atoms with E-state index in [1.807, 2.05) is 18.4 Å². The van der Waals surface area contributed by atoms with Crippen molar-refractivity contribution < 1.29 is 14.3 Å². The third-order valence-electron chi connectivity index (χ3n) is 3.05. The minimum absolute atomic E-state index is 0.208. The number of phenols is 1. The smallest absolute Gasteiger partial charge is 0.251 e. The highest BCUT2D eigenvalue weighted by Crippen LogP contribution is 2.16. The van der Waals surface area contributed by atoms with E-state index in [1.165, 1.54) is 6.07 Å². The largest absolute Gasteiger partial charge is 0.505 e. The van der Waals surface area contributed by atoms with Gasteiger partial charge in [-0.15, -0.1) is 10.2 Å². The zero-order valence-electron chi connectivity index (χ0n) is 11.9. The lowest BCUT2D eigenvalue weighted by atomic mass is 10.2. The van der Waals surface area contributed by atoms with E-state index in [9.17, 15) is 14.3 Å². The van der Waals surface area contributed by atoms with Crippen molar-refractivity contribution in [2.24, 2.45) is 0 Å². The molecular formula is C14H17FN4O2. The first-order valence-electron chi connectivity index (χ1n) is 6.64. The third-order valence-corrected chi connectivity index (χ3v) is 3.05. The third kappa shape index (κ3) is 3.56. The molecule has 2 N–H and O–H groups in total. The van der Waals surface area contributed by atoms with Gasteiger partial charge in [-0.1, -0.05) is 0 Å². The van der Waals surface area contributed by atoms with Gasteiger partial charge in [0.25, 0.3) is 5.91 Å². The Kier molecular flexibility index (Phi) is 4.52. The molecule has 0 spiro atoms. The van der Waals surface area contributed by atoms with E-state index in [1.54, 1.807) is 6.33 Å². The van der Waals surface area contributed by atoms with Crippen LogP contribution in [0.15, 0.2) is 24.5 Å². The molecule has 21 heavy (non-hydrogen) atoms. The summed E-state index contributed by atoms with van der Waals surface area (Å²) in [5, 5.41) is 19.8. The number of hydrogen-bond donors (Lipinski definition) is 2. The van der Waals surface area contributed by atoms with Crippen LogP contribution in [0.2, 0.25) is 0 Å². The zero-order valence-corrected chi connectivity index (χ0v) is 11.9. The number of rotatable bonds is 5. The van der Waals surface area contributed by atoms with Gasteiger partial charge in [0.2, 0.25) is 0 Å². The molecule has 1 amide bonds. The van der Waals surface area contributed by atoms with Gasteiger partial charge in [0.15, 0.2) is 11.6 Å². The number of nitrogens with one attached hydrogen (secondary N) is 1. The maximum absolute atomic E-state index is 12.9. The van der Waals surface area contributed by atoms with Crippen LogP contribution in [0.1, 0.15) is 36.1 Å². The lowest BCUT2D eigenvalue weighted by Crippen LogP contribution is -2.26. The van der Waals surface area contributed by atoms with Crippen molar-refractivity contribution in [1.82, 2.24) is 20.1 Å². The number of halogens is 1. The Hall–Kier alpha value is -2.44. The van der Waals surface area contributed by atoms with Crippen LogP contribution in [0.4, 0.5) is 4.39 Å². The van der Waals surface area contributed by atoms with E-state index >= 15 is 0 Å². The fraction of sp³-hybridized carbons (Fsp3) is 0.357. The van der Waals surface area contributed by atoms with Gasteiger partial charge in [-0.3, -0.25) is 4.79 Å². The summed E-state index contributed by atoms with van der Waals surface area (Å²) in [5.74, 6) is -0.882. The van der Waals surface area contributed by atoms with E-state index in [2.05, 4.69) is 15.5 Å². The predicted octanol–water partition coefficient (Wildman–Crippen LogP) is 1.68. The number of carbonyl (C=O) groups is 1. The Balaban J connectivity index is 1.92. The van der Waals surface area contributed by atoms with Crippen LogP contribution < -0.4 is 5.32 Å². The number of aromatic nitrogens is 3. The summed E-state index contributed by atoms with van der Waals surface area (Å²) in [6, 6.07) is 3.72. The second-order valence-electron chi connectivity index (χ2n) is 4.92. The summed E-state index contributed by atoms with van der Waals surface area (Å²) in [6.45, 7) is 4.42. The predicted molar refractivity (Wildman–Crippen MR) is 74.5 cm³/mol. The van der Waals surface area contributed by atoms with E-state index in [0.29, 0.717) is 13.0 Å². The Morgan fingerprint density at radius 3 is 2.90 bits per heavy atom. The van der Waals surface area contributed by atoms with Gasteiger partial charge >= 0.3 is 0 Å². The quantitative estimate of drug-likeness (QED) is 0.878. The van der Waals surface area contributed by atoms with Crippen molar-refractivity contribution >= 4 is 5.91 Å². The lowest BCUT2D eigenvalue weighted by Gasteiger charge is -2.10. The minimum atomic E-state index is -0.753. The first-order chi connectivity index (χ1) is 9.99. The fourth-order valence-electron chi connectivity index (χ4n) is 1.92. The van der Waals surface area contributed by atoms with Crippen molar-refractivity contribution in [3.05, 3.63) is 41.7 Å². The van der Waals surface area contributed by atoms with Gasteiger partial charge < -0.3 is 15.0 Å². The molecular weight excluding hydrogens is 275 g/mol. The fourth-order valence-corrected chi connectivity index (χ4v) is 1.92. The summed E-state index contributed by atoms with van der Waals surface area (Å²) >= 11 is 0. The second-order valence-corrected chi connectivity index (χ2v) is 4.92. The maximum Gasteiger partial charge on any atom is 0.251 e. The highest BCUT2D eigenvalue weighted by Gasteiger charge is 2.10. The highest BCUT2D eigenvalue weighted by atomic mass is 19.1. The van der Waals surface area contributed by atoms with Crippen molar-refractivity contribution in [3.63, 3.8) is 0 Å². The number of benzene rings is 1. The minimum Gasteiger partial charge on any atom is -0.505 e. The van der Waals surface area contributed by atoms with Crippen LogP contribution in [0.5, 0.6) is 5.75 Å². The van der Waals surface area contributed by atoms with E-state index in [4.69, 9.17) is 0 Å². The molecule has 0 aliphatic carbocycles. The molecule has 0 unspecified atom stereocenters. The first kappa shape index (κ1) is 15.0. The Bertz CT molecular complexity index is 640.